The number of aryl methyl sites for hydroxylation is 1. The summed E-state index contributed by atoms with van der Waals surface area (Å²) in [5.74, 6) is 0.955. The Bertz CT molecular complexity index is 423. The molecule has 1 heterocycles. The van der Waals surface area contributed by atoms with Crippen LogP contribution in [0.2, 0.25) is 0 Å². The molecule has 3 heteroatoms. The van der Waals surface area contributed by atoms with E-state index in [-0.39, 0.29) is 5.78 Å². The molecule has 0 unspecified atom stereocenters. The van der Waals surface area contributed by atoms with Crippen molar-refractivity contribution in [2.24, 2.45) is 0 Å². The van der Waals surface area contributed by atoms with Crippen molar-refractivity contribution in [3.05, 3.63) is 29.3 Å². The Kier molecular flexibility index (Phi) is 4.37. The highest BCUT2D eigenvalue weighted by Gasteiger charge is 2.16. The predicted molar refractivity (Wildman–Crippen MR) is 72.4 cm³/mol. The van der Waals surface area contributed by atoms with Crippen molar-refractivity contribution in [3.63, 3.8) is 0 Å². The number of piperidine rings is 1. The Balaban J connectivity index is 2.07. The van der Waals surface area contributed by atoms with Gasteiger partial charge < -0.3 is 4.74 Å². The van der Waals surface area contributed by atoms with Gasteiger partial charge in [0.05, 0.1) is 13.7 Å². The van der Waals surface area contributed by atoms with Crippen molar-refractivity contribution >= 4 is 5.78 Å². The van der Waals surface area contributed by atoms with E-state index in [0.717, 1.165) is 30.0 Å². The highest BCUT2D eigenvalue weighted by atomic mass is 16.5. The smallest absolute Gasteiger partial charge is 0.177 e. The van der Waals surface area contributed by atoms with E-state index in [1.165, 1.54) is 19.3 Å². The van der Waals surface area contributed by atoms with Crippen molar-refractivity contribution in [1.82, 2.24) is 4.90 Å². The minimum Gasteiger partial charge on any atom is -0.497 e. The van der Waals surface area contributed by atoms with Crippen LogP contribution in [0.15, 0.2) is 18.2 Å². The summed E-state index contributed by atoms with van der Waals surface area (Å²) in [6, 6.07) is 5.69. The van der Waals surface area contributed by atoms with Crippen molar-refractivity contribution in [1.29, 1.82) is 0 Å². The molecule has 0 atom stereocenters. The zero-order valence-electron chi connectivity index (χ0n) is 11.2. The van der Waals surface area contributed by atoms with Gasteiger partial charge >= 0.3 is 0 Å². The highest BCUT2D eigenvalue weighted by Crippen LogP contribution is 2.18. The molecule has 0 spiro atoms. The topological polar surface area (TPSA) is 29.5 Å². The van der Waals surface area contributed by atoms with Crippen molar-refractivity contribution in [2.45, 2.75) is 26.2 Å². The van der Waals surface area contributed by atoms with Gasteiger partial charge in [0.15, 0.2) is 5.78 Å². The molecule has 1 aliphatic rings. The molecule has 1 aromatic rings. The van der Waals surface area contributed by atoms with Crippen LogP contribution in [0.4, 0.5) is 0 Å². The van der Waals surface area contributed by atoms with Gasteiger partial charge in [-0.15, -0.1) is 0 Å². The Morgan fingerprint density at radius 3 is 2.67 bits per heavy atom. The highest BCUT2D eigenvalue weighted by molar-refractivity contribution is 5.99. The van der Waals surface area contributed by atoms with Crippen LogP contribution >= 0.6 is 0 Å². The number of likely N-dealkylation sites (tertiary alicyclic amines) is 1. The molecule has 0 aromatic heterocycles. The second-order valence-electron chi connectivity index (χ2n) is 4.94. The van der Waals surface area contributed by atoms with Gasteiger partial charge in [-0.1, -0.05) is 12.5 Å². The number of ether oxygens (including phenoxy) is 1. The first kappa shape index (κ1) is 13.1. The van der Waals surface area contributed by atoms with Crippen LogP contribution < -0.4 is 4.74 Å². The first-order valence-electron chi connectivity index (χ1n) is 6.61. The van der Waals surface area contributed by atoms with Gasteiger partial charge in [-0.2, -0.15) is 0 Å². The molecule has 0 aliphatic carbocycles. The molecular formula is C15H21NO2. The van der Waals surface area contributed by atoms with E-state index >= 15 is 0 Å². The fourth-order valence-corrected chi connectivity index (χ4v) is 2.43. The number of carbonyl (C=O) groups excluding carboxylic acids is 1. The van der Waals surface area contributed by atoms with E-state index < -0.39 is 0 Å². The summed E-state index contributed by atoms with van der Waals surface area (Å²) in [4.78, 5) is 14.6. The maximum Gasteiger partial charge on any atom is 0.177 e. The number of hydrogen-bond donors (Lipinski definition) is 0. The molecule has 98 valence electrons. The quantitative estimate of drug-likeness (QED) is 0.766. The van der Waals surface area contributed by atoms with Gasteiger partial charge in [0.2, 0.25) is 0 Å². The summed E-state index contributed by atoms with van der Waals surface area (Å²) in [6.45, 7) is 4.61. The molecule has 2 rings (SSSR count). The Morgan fingerprint density at radius 1 is 1.28 bits per heavy atom. The number of ketones is 1. The van der Waals surface area contributed by atoms with Crippen LogP contribution in [-0.4, -0.2) is 37.4 Å². The van der Waals surface area contributed by atoms with E-state index in [0.29, 0.717) is 6.54 Å². The number of nitrogens with zero attached hydrogens (tertiary/aromatic N) is 1. The van der Waals surface area contributed by atoms with E-state index in [1.54, 1.807) is 7.11 Å². The fraction of sp³-hybridized carbons (Fsp3) is 0.533. The molecule has 0 N–H and O–H groups in total. The largest absolute Gasteiger partial charge is 0.497 e. The SMILES string of the molecule is COc1ccc(C)c(C(=O)CN2CCCCC2)c1. The maximum absolute atomic E-state index is 12.3. The van der Waals surface area contributed by atoms with Crippen molar-refractivity contribution in [3.8, 4) is 5.75 Å². The summed E-state index contributed by atoms with van der Waals surface area (Å²) in [6.07, 6.45) is 3.72. The van der Waals surface area contributed by atoms with E-state index in [4.69, 9.17) is 4.74 Å². The number of benzene rings is 1. The van der Waals surface area contributed by atoms with Crippen LogP contribution in [0.3, 0.4) is 0 Å². The Labute approximate surface area is 109 Å². The number of carbonyl (C=O) groups is 1. The molecule has 0 saturated carbocycles. The minimum absolute atomic E-state index is 0.202. The predicted octanol–water partition coefficient (Wildman–Crippen LogP) is 2.67. The lowest BCUT2D eigenvalue weighted by Crippen LogP contribution is -2.34. The third kappa shape index (κ3) is 3.10. The van der Waals surface area contributed by atoms with Crippen LogP contribution in [-0.2, 0) is 0 Å². The molecule has 1 aromatic carbocycles. The summed E-state index contributed by atoms with van der Waals surface area (Å²) in [5, 5.41) is 0. The fourth-order valence-electron chi connectivity index (χ4n) is 2.43. The van der Waals surface area contributed by atoms with Crippen LogP contribution in [0.25, 0.3) is 0 Å². The number of Topliss-reactive ketones (excluding diaryl/α,β-unsaturated/α-hetero) is 1. The van der Waals surface area contributed by atoms with Gasteiger partial charge in [0.25, 0.3) is 0 Å². The summed E-state index contributed by atoms with van der Waals surface area (Å²) >= 11 is 0. The summed E-state index contributed by atoms with van der Waals surface area (Å²) < 4.78 is 5.18. The number of methoxy groups -OCH3 is 1. The Morgan fingerprint density at radius 2 is 2.00 bits per heavy atom. The van der Waals surface area contributed by atoms with Gasteiger partial charge in [-0.25, -0.2) is 0 Å². The summed E-state index contributed by atoms with van der Waals surface area (Å²) in [7, 11) is 1.63. The van der Waals surface area contributed by atoms with Gasteiger partial charge in [0.1, 0.15) is 5.75 Å². The molecule has 3 nitrogen and oxygen atoms in total. The molecule has 1 saturated heterocycles. The summed E-state index contributed by atoms with van der Waals surface area (Å²) in [5.41, 5.74) is 1.82. The first-order chi connectivity index (χ1) is 8.70. The molecule has 1 aliphatic heterocycles. The first-order valence-corrected chi connectivity index (χ1v) is 6.61. The third-order valence-corrected chi connectivity index (χ3v) is 3.56. The number of rotatable bonds is 4. The van der Waals surface area contributed by atoms with Gasteiger partial charge in [0, 0.05) is 5.56 Å². The van der Waals surface area contributed by atoms with Gasteiger partial charge in [-0.3, -0.25) is 9.69 Å². The normalized spacial score (nSPS) is 16.6. The Hall–Kier alpha value is -1.35. The van der Waals surface area contributed by atoms with Crippen molar-refractivity contribution in [2.75, 3.05) is 26.7 Å². The maximum atomic E-state index is 12.3. The average Bonchev–Trinajstić information content (AvgIpc) is 2.40. The van der Waals surface area contributed by atoms with E-state index in [1.807, 2.05) is 25.1 Å². The molecular weight excluding hydrogens is 226 g/mol. The van der Waals surface area contributed by atoms with Crippen LogP contribution in [0.1, 0.15) is 35.2 Å². The van der Waals surface area contributed by atoms with Crippen LogP contribution in [0, 0.1) is 6.92 Å². The third-order valence-electron chi connectivity index (χ3n) is 3.56. The molecule has 0 radical (unpaired) electrons. The lowest BCUT2D eigenvalue weighted by atomic mass is 10.0. The molecule has 18 heavy (non-hydrogen) atoms. The molecule has 0 bridgehead atoms. The lowest BCUT2D eigenvalue weighted by molar-refractivity contribution is 0.0915. The second-order valence-corrected chi connectivity index (χ2v) is 4.94. The van der Waals surface area contributed by atoms with Crippen LogP contribution in [0.5, 0.6) is 5.75 Å². The van der Waals surface area contributed by atoms with E-state index in [9.17, 15) is 4.79 Å². The average molecular weight is 247 g/mol. The zero-order valence-corrected chi connectivity index (χ0v) is 11.2. The lowest BCUT2D eigenvalue weighted by Gasteiger charge is -2.25. The van der Waals surface area contributed by atoms with E-state index in [2.05, 4.69) is 4.90 Å². The monoisotopic (exact) mass is 247 g/mol. The molecule has 1 fully saturated rings. The molecule has 0 amide bonds. The van der Waals surface area contributed by atoms with Gasteiger partial charge in [-0.05, 0) is 50.6 Å². The number of hydrogen-bond acceptors (Lipinski definition) is 3. The minimum atomic E-state index is 0.202. The standard InChI is InChI=1S/C15H21NO2/c1-12-6-7-13(18-2)10-14(12)15(17)11-16-8-4-3-5-9-16/h6-7,10H,3-5,8-9,11H2,1-2H3. The van der Waals surface area contributed by atoms with Crippen molar-refractivity contribution < 1.29 is 9.53 Å². The zero-order chi connectivity index (χ0) is 13.0. The second kappa shape index (κ2) is 6.01.